The normalized spacial score (nSPS) is 10.6. The molecule has 5 heteroatoms. The zero-order valence-electron chi connectivity index (χ0n) is 5.93. The Labute approximate surface area is 62.4 Å². The third-order valence-electron chi connectivity index (χ3n) is 1.47. The molecule has 2 heterocycles. The molecule has 0 saturated carbocycles. The average molecular weight is 153 g/mol. The number of hydrogen-bond acceptors (Lipinski definition) is 3. The Kier molecular flexibility index (Phi) is 1.06. The molecule has 0 fully saturated rings. The van der Waals surface area contributed by atoms with E-state index >= 15 is 0 Å². The molecule has 0 atom stereocenters. The summed E-state index contributed by atoms with van der Waals surface area (Å²) in [5.74, 6) is 0.180. The summed E-state index contributed by atoms with van der Waals surface area (Å²) in [5.41, 5.74) is 0.699. The molecule has 58 valence electrons. The molecule has 5 nitrogen and oxygen atoms in total. The Morgan fingerprint density at radius 3 is 3.18 bits per heavy atom. The van der Waals surface area contributed by atoms with E-state index in [2.05, 4.69) is 5.10 Å². The van der Waals surface area contributed by atoms with Gasteiger partial charge in [0.1, 0.15) is 12.9 Å². The number of rotatable bonds is 1. The topological polar surface area (TPSA) is 51.7 Å². The van der Waals surface area contributed by atoms with E-state index in [1.165, 1.54) is 28.9 Å². The molecule has 0 aromatic carbocycles. The molecule has 0 spiro atoms. The van der Waals surface area contributed by atoms with Crippen LogP contribution in [0.15, 0.2) is 18.6 Å². The first-order chi connectivity index (χ1) is 5.31. The highest BCUT2D eigenvalue weighted by molar-refractivity contribution is 5.44. The van der Waals surface area contributed by atoms with Crippen molar-refractivity contribution >= 4 is 5.65 Å². The minimum Gasteiger partial charge on any atom is -0.506 e. The van der Waals surface area contributed by atoms with Crippen LogP contribution in [0.2, 0.25) is 0 Å². The van der Waals surface area contributed by atoms with E-state index in [4.69, 9.17) is 9.94 Å². The molecule has 0 amide bonds. The van der Waals surface area contributed by atoms with Crippen LogP contribution in [-0.2, 0) is 0 Å². The van der Waals surface area contributed by atoms with Crippen molar-refractivity contribution in [1.82, 2.24) is 14.3 Å². The van der Waals surface area contributed by atoms with Gasteiger partial charge in [0.05, 0.1) is 6.20 Å². The van der Waals surface area contributed by atoms with Gasteiger partial charge in [-0.05, 0) is 0 Å². The maximum atomic E-state index is 9.04. The molecule has 0 aliphatic carbocycles. The van der Waals surface area contributed by atoms with Crippen molar-refractivity contribution in [3.8, 4) is 5.75 Å². The molecule has 0 bridgehead atoms. The van der Waals surface area contributed by atoms with Crippen LogP contribution in [0.25, 0.3) is 5.65 Å². The molecule has 11 heavy (non-hydrogen) atoms. The van der Waals surface area contributed by atoms with Crippen molar-refractivity contribution in [2.24, 2.45) is 0 Å². The summed E-state index contributed by atoms with van der Waals surface area (Å²) in [5, 5.41) is 12.9. The summed E-state index contributed by atoms with van der Waals surface area (Å²) < 4.78 is 2.98. The van der Waals surface area contributed by atoms with Crippen molar-refractivity contribution in [3.05, 3.63) is 18.6 Å². The Morgan fingerprint density at radius 2 is 2.45 bits per heavy atom. The Morgan fingerprint density at radius 1 is 1.64 bits per heavy atom. The number of aromatic nitrogens is 3. The second-order valence-electron chi connectivity index (χ2n) is 2.14. The fourth-order valence-electron chi connectivity index (χ4n) is 0.987. The van der Waals surface area contributed by atoms with Crippen molar-refractivity contribution < 1.29 is 9.94 Å². The number of aromatic hydroxyl groups is 1. The zero-order valence-corrected chi connectivity index (χ0v) is 5.93. The lowest BCUT2D eigenvalue weighted by Gasteiger charge is -1.95. The monoisotopic (exact) mass is 153 g/mol. The van der Waals surface area contributed by atoms with Gasteiger partial charge < -0.3 is 9.94 Å². The van der Waals surface area contributed by atoms with E-state index in [-0.39, 0.29) is 5.75 Å². The molecule has 0 aliphatic heterocycles. The summed E-state index contributed by atoms with van der Waals surface area (Å²) in [7, 11) is 1.53. The van der Waals surface area contributed by atoms with Gasteiger partial charge in [-0.25, -0.2) is 4.52 Å². The smallest absolute Gasteiger partial charge is 0.175 e. The van der Waals surface area contributed by atoms with Crippen molar-refractivity contribution in [2.75, 3.05) is 7.11 Å². The zero-order chi connectivity index (χ0) is 7.84. The molecule has 2 aromatic heterocycles. The first-order valence-electron chi connectivity index (χ1n) is 3.10. The second-order valence-corrected chi connectivity index (χ2v) is 2.14. The van der Waals surface area contributed by atoms with E-state index < -0.39 is 0 Å². The van der Waals surface area contributed by atoms with Gasteiger partial charge >= 0.3 is 0 Å². The third kappa shape index (κ3) is 0.739. The van der Waals surface area contributed by atoms with Crippen LogP contribution in [0.4, 0.5) is 0 Å². The van der Waals surface area contributed by atoms with Gasteiger partial charge in [0.2, 0.25) is 0 Å². The Balaban J connectivity index is 2.73. The van der Waals surface area contributed by atoms with Crippen molar-refractivity contribution in [2.45, 2.75) is 0 Å². The van der Waals surface area contributed by atoms with Crippen LogP contribution in [0.1, 0.15) is 0 Å². The van der Waals surface area contributed by atoms with Gasteiger partial charge in [-0.15, -0.1) is 0 Å². The predicted octanol–water partition coefficient (Wildman–Crippen LogP) is -0.100. The number of nitrogens with zero attached hydrogens (tertiary/aromatic N) is 3. The quantitative estimate of drug-likeness (QED) is 0.622. The minimum absolute atomic E-state index is 0.180. The molecular weight excluding hydrogens is 146 g/mol. The maximum Gasteiger partial charge on any atom is 0.175 e. The summed E-state index contributed by atoms with van der Waals surface area (Å²) in [4.78, 5) is 4.90. The molecule has 0 unspecified atom stereocenters. The van der Waals surface area contributed by atoms with Crippen molar-refractivity contribution in [1.29, 1.82) is 0 Å². The van der Waals surface area contributed by atoms with Gasteiger partial charge in [0, 0.05) is 6.07 Å². The summed E-state index contributed by atoms with van der Waals surface area (Å²) in [6.07, 6.45) is 3.03. The SMILES string of the molecule is COn1cnn2cc(O)cc12. The van der Waals surface area contributed by atoms with Gasteiger partial charge in [0.25, 0.3) is 0 Å². The molecule has 0 radical (unpaired) electrons. The van der Waals surface area contributed by atoms with E-state index in [0.717, 1.165) is 0 Å². The Bertz CT molecular complexity index is 376. The van der Waals surface area contributed by atoms with Gasteiger partial charge in [0.15, 0.2) is 12.0 Å². The number of fused-ring (bicyclic) bond motifs is 1. The van der Waals surface area contributed by atoms with Crippen molar-refractivity contribution in [3.63, 3.8) is 0 Å². The lowest BCUT2D eigenvalue weighted by Crippen LogP contribution is -2.02. The summed E-state index contributed by atoms with van der Waals surface area (Å²) >= 11 is 0. The predicted molar refractivity (Wildman–Crippen MR) is 37.4 cm³/mol. The van der Waals surface area contributed by atoms with Crippen LogP contribution in [0.3, 0.4) is 0 Å². The van der Waals surface area contributed by atoms with E-state index in [1.54, 1.807) is 6.07 Å². The van der Waals surface area contributed by atoms with Crippen LogP contribution < -0.4 is 4.84 Å². The van der Waals surface area contributed by atoms with Crippen LogP contribution in [-0.4, -0.2) is 26.6 Å². The first kappa shape index (κ1) is 6.09. The minimum atomic E-state index is 0.180. The van der Waals surface area contributed by atoms with Crippen LogP contribution in [0, 0.1) is 0 Å². The fraction of sp³-hybridized carbons (Fsp3) is 0.167. The molecular formula is C6H7N3O2. The summed E-state index contributed by atoms with van der Waals surface area (Å²) in [6.45, 7) is 0. The Hall–Kier alpha value is -1.65. The lowest BCUT2D eigenvalue weighted by molar-refractivity contribution is 0.177. The standard InChI is InChI=1S/C6H7N3O2/c1-11-9-4-7-8-3-5(10)2-6(8)9/h2-4,10H,1H3. The molecule has 2 aromatic rings. The van der Waals surface area contributed by atoms with E-state index in [0.29, 0.717) is 5.65 Å². The van der Waals surface area contributed by atoms with Gasteiger partial charge in [-0.1, -0.05) is 0 Å². The molecule has 1 N–H and O–H groups in total. The summed E-state index contributed by atoms with van der Waals surface area (Å²) in [6, 6.07) is 1.57. The van der Waals surface area contributed by atoms with E-state index in [1.807, 2.05) is 0 Å². The largest absolute Gasteiger partial charge is 0.506 e. The highest BCUT2D eigenvalue weighted by Crippen LogP contribution is 2.13. The maximum absolute atomic E-state index is 9.04. The molecule has 2 rings (SSSR count). The van der Waals surface area contributed by atoms with E-state index in [9.17, 15) is 0 Å². The van der Waals surface area contributed by atoms with Crippen LogP contribution in [0.5, 0.6) is 5.75 Å². The lowest BCUT2D eigenvalue weighted by atomic mass is 10.6. The average Bonchev–Trinajstić information content (AvgIpc) is 2.45. The highest BCUT2D eigenvalue weighted by Gasteiger charge is 2.03. The first-order valence-corrected chi connectivity index (χ1v) is 3.10. The fourth-order valence-corrected chi connectivity index (χ4v) is 0.987. The third-order valence-corrected chi connectivity index (χ3v) is 1.47. The number of hydrogen-bond donors (Lipinski definition) is 1. The van der Waals surface area contributed by atoms with Gasteiger partial charge in [-0.2, -0.15) is 9.83 Å². The molecule has 0 saturated heterocycles. The highest BCUT2D eigenvalue weighted by atomic mass is 16.6. The second kappa shape index (κ2) is 1.91. The van der Waals surface area contributed by atoms with Crippen LogP contribution >= 0.6 is 0 Å². The molecule has 0 aliphatic rings. The van der Waals surface area contributed by atoms with Gasteiger partial charge in [-0.3, -0.25) is 0 Å².